The van der Waals surface area contributed by atoms with Crippen molar-refractivity contribution in [3.63, 3.8) is 0 Å². The van der Waals surface area contributed by atoms with Gasteiger partial charge in [-0.25, -0.2) is 4.98 Å². The van der Waals surface area contributed by atoms with Gasteiger partial charge in [-0.1, -0.05) is 120 Å². The van der Waals surface area contributed by atoms with Crippen LogP contribution in [0.4, 0.5) is 11.4 Å². The number of benzene rings is 8. The fourth-order valence-corrected chi connectivity index (χ4v) is 11.3. The second kappa shape index (κ2) is 11.5. The number of hydrogen-bond acceptors (Lipinski definition) is 4. The minimum atomic E-state index is -0.172. The molecule has 0 unspecified atom stereocenters. The second-order valence-electron chi connectivity index (χ2n) is 19.1. The third-order valence-corrected chi connectivity index (χ3v) is 14.4. The largest absolute Gasteiger partial charge is 0.456 e. The molecule has 0 saturated heterocycles. The van der Waals surface area contributed by atoms with Crippen molar-refractivity contribution in [1.29, 1.82) is 0 Å². The van der Waals surface area contributed by atoms with Gasteiger partial charge in [-0.2, -0.15) is 0 Å². The van der Waals surface area contributed by atoms with Crippen molar-refractivity contribution >= 4 is 84.0 Å². The van der Waals surface area contributed by atoms with Gasteiger partial charge >= 0.3 is 6.85 Å². The lowest BCUT2D eigenvalue weighted by molar-refractivity contribution is 0.590. The summed E-state index contributed by atoms with van der Waals surface area (Å²) in [6.45, 7) is 11.4. The van der Waals surface area contributed by atoms with Gasteiger partial charge in [0.2, 0.25) is 5.89 Å². The molecule has 294 valence electrons. The van der Waals surface area contributed by atoms with Crippen LogP contribution in [0, 0.1) is 0 Å². The zero-order chi connectivity index (χ0) is 41.4. The molecule has 1 aliphatic carbocycles. The van der Waals surface area contributed by atoms with E-state index in [-0.39, 0.29) is 17.7 Å². The first-order valence-corrected chi connectivity index (χ1v) is 21.7. The van der Waals surface area contributed by atoms with Gasteiger partial charge in [0.05, 0.1) is 11.0 Å². The minimum absolute atomic E-state index is 0.0156. The molecule has 3 aliphatic rings. The monoisotopic (exact) mass is 797 g/mol. The number of aromatic nitrogens is 2. The van der Waals surface area contributed by atoms with Gasteiger partial charge in [0.1, 0.15) is 16.7 Å². The van der Waals surface area contributed by atoms with Crippen LogP contribution in [-0.4, -0.2) is 16.4 Å². The molecule has 5 nitrogen and oxygen atoms in total. The summed E-state index contributed by atoms with van der Waals surface area (Å²) in [5.74, 6) is 0.623. The molecule has 0 amide bonds. The fraction of sp³-hybridized carbons (Fsp3) is 0.125. The average Bonchev–Trinajstić information content (AvgIpc) is 4.02. The van der Waals surface area contributed by atoms with E-state index in [1.165, 1.54) is 66.1 Å². The van der Waals surface area contributed by atoms with Gasteiger partial charge in [0.15, 0.2) is 5.58 Å². The van der Waals surface area contributed by atoms with E-state index in [2.05, 4.69) is 177 Å². The van der Waals surface area contributed by atoms with Crippen LogP contribution >= 0.6 is 0 Å². The molecule has 5 heterocycles. The van der Waals surface area contributed by atoms with Crippen molar-refractivity contribution in [2.75, 3.05) is 4.81 Å². The number of nitrogens with zero attached hydrogens (tertiary/aromatic N) is 3. The van der Waals surface area contributed by atoms with E-state index in [9.17, 15) is 0 Å². The first kappa shape index (κ1) is 34.4. The molecular weight excluding hydrogens is 757 g/mol. The summed E-state index contributed by atoms with van der Waals surface area (Å²) < 4.78 is 15.9. The van der Waals surface area contributed by atoms with Gasteiger partial charge < -0.3 is 18.2 Å². The molecule has 0 radical (unpaired) electrons. The minimum Gasteiger partial charge on any atom is -0.456 e. The maximum atomic E-state index is 6.69. The molecule has 14 rings (SSSR count). The summed E-state index contributed by atoms with van der Waals surface area (Å²) in [4.78, 5) is 7.78. The highest BCUT2D eigenvalue weighted by Crippen LogP contribution is 2.53. The molecule has 0 fully saturated rings. The van der Waals surface area contributed by atoms with E-state index < -0.39 is 0 Å². The first-order valence-electron chi connectivity index (χ1n) is 21.7. The number of furan rings is 1. The van der Waals surface area contributed by atoms with Gasteiger partial charge in [0, 0.05) is 61.2 Å². The Morgan fingerprint density at radius 2 is 1.35 bits per heavy atom. The van der Waals surface area contributed by atoms with Crippen LogP contribution in [0.25, 0.3) is 94.2 Å². The van der Waals surface area contributed by atoms with Crippen molar-refractivity contribution in [3.05, 3.63) is 168 Å². The predicted molar refractivity (Wildman–Crippen MR) is 256 cm³/mol. The lowest BCUT2D eigenvalue weighted by Crippen LogP contribution is -2.60. The van der Waals surface area contributed by atoms with Gasteiger partial charge in [-0.05, 0) is 110 Å². The van der Waals surface area contributed by atoms with Crippen molar-refractivity contribution in [1.82, 2.24) is 9.55 Å². The SMILES string of the molecule is CC(C)(C)c1ccc(N2B3c4cc5nc(-c6ccccc6)oc5cc4-n4c5cc6c(cc5c5ccc(c3c54)-c3cc4oc5ccccc5c4cc32)C(C)(C)c2ccccc2-6)cc1. The van der Waals surface area contributed by atoms with Crippen LogP contribution in [0.15, 0.2) is 160 Å². The van der Waals surface area contributed by atoms with E-state index in [4.69, 9.17) is 13.8 Å². The van der Waals surface area contributed by atoms with Crippen LogP contribution in [-0.2, 0) is 10.8 Å². The highest BCUT2D eigenvalue weighted by atomic mass is 16.3. The van der Waals surface area contributed by atoms with E-state index in [0.717, 1.165) is 61.2 Å². The number of oxazole rings is 1. The smallest absolute Gasteiger partial charge is 0.333 e. The summed E-state index contributed by atoms with van der Waals surface area (Å²) in [6, 6.07) is 55.8. The molecule has 11 aromatic rings. The van der Waals surface area contributed by atoms with E-state index in [0.29, 0.717) is 5.89 Å². The van der Waals surface area contributed by atoms with Crippen LogP contribution < -0.4 is 15.7 Å². The van der Waals surface area contributed by atoms with E-state index in [1.54, 1.807) is 0 Å². The zero-order valence-corrected chi connectivity index (χ0v) is 35.2. The van der Waals surface area contributed by atoms with E-state index in [1.807, 2.05) is 18.2 Å². The molecule has 0 N–H and O–H groups in total. The van der Waals surface area contributed by atoms with Crippen LogP contribution in [0.3, 0.4) is 0 Å². The van der Waals surface area contributed by atoms with Crippen molar-refractivity contribution in [2.24, 2.45) is 0 Å². The molecule has 3 aromatic heterocycles. The topological polar surface area (TPSA) is 47.3 Å². The maximum absolute atomic E-state index is 6.69. The second-order valence-corrected chi connectivity index (χ2v) is 19.1. The van der Waals surface area contributed by atoms with Gasteiger partial charge in [-0.3, -0.25) is 0 Å². The Kier molecular flexibility index (Phi) is 6.40. The molecule has 0 saturated carbocycles. The van der Waals surface area contributed by atoms with Gasteiger partial charge in [0.25, 0.3) is 0 Å². The molecule has 0 atom stereocenters. The standard InChI is InChI=1S/C56H40BN3O2/c1-55(2,3)32-19-21-33(22-20-32)60-47-27-41-35-16-10-12-18-49(35)61-50(41)28-40(47)36-23-24-37-39-25-43-38(34-15-9-11-17-42(34)56(43,4)5)26-46(39)59-48-30-51-45(29-44(48)57(60)52(36)53(37)59)58-54(62-51)31-13-7-6-8-14-31/h6-30H,1-5H3. The lowest BCUT2D eigenvalue weighted by atomic mass is 9.44. The van der Waals surface area contributed by atoms with Gasteiger partial charge in [-0.15, -0.1) is 0 Å². The zero-order valence-electron chi connectivity index (χ0n) is 35.2. The van der Waals surface area contributed by atoms with Crippen molar-refractivity contribution in [2.45, 2.75) is 45.4 Å². The predicted octanol–water partition coefficient (Wildman–Crippen LogP) is 13.3. The molecule has 8 aromatic carbocycles. The summed E-state index contributed by atoms with van der Waals surface area (Å²) >= 11 is 0. The van der Waals surface area contributed by atoms with Crippen LogP contribution in [0.5, 0.6) is 0 Å². The maximum Gasteiger partial charge on any atom is 0.333 e. The lowest BCUT2D eigenvalue weighted by Gasteiger charge is -2.42. The Hall–Kier alpha value is -7.31. The Morgan fingerprint density at radius 1 is 0.565 bits per heavy atom. The summed E-state index contributed by atoms with van der Waals surface area (Å²) in [5, 5.41) is 4.75. The molecule has 0 spiro atoms. The number of fused-ring (bicyclic) bond motifs is 15. The number of hydrogen-bond donors (Lipinski definition) is 0. The highest BCUT2D eigenvalue weighted by Gasteiger charge is 2.45. The molecule has 0 bridgehead atoms. The highest BCUT2D eigenvalue weighted by molar-refractivity contribution is 6.94. The molecule has 6 heteroatoms. The number of rotatable bonds is 2. The Balaban J connectivity index is 1.14. The van der Waals surface area contributed by atoms with Crippen LogP contribution in [0.2, 0.25) is 0 Å². The Labute approximate surface area is 358 Å². The third kappa shape index (κ3) is 4.36. The van der Waals surface area contributed by atoms with Crippen molar-refractivity contribution < 1.29 is 8.83 Å². The quantitative estimate of drug-likeness (QED) is 0.163. The molecule has 62 heavy (non-hydrogen) atoms. The summed E-state index contributed by atoms with van der Waals surface area (Å²) in [7, 11) is 0. The summed E-state index contributed by atoms with van der Waals surface area (Å²) in [6.07, 6.45) is 0. The summed E-state index contributed by atoms with van der Waals surface area (Å²) in [5.41, 5.74) is 21.6. The third-order valence-electron chi connectivity index (χ3n) is 14.4. The average molecular weight is 798 g/mol. The Bertz CT molecular complexity index is 3770. The fourth-order valence-electron chi connectivity index (χ4n) is 11.3. The van der Waals surface area contributed by atoms with E-state index >= 15 is 0 Å². The first-order chi connectivity index (χ1) is 30.1. The Morgan fingerprint density at radius 3 is 2.19 bits per heavy atom. The van der Waals surface area contributed by atoms with Crippen molar-refractivity contribution in [3.8, 4) is 39.4 Å². The van der Waals surface area contributed by atoms with Crippen LogP contribution in [0.1, 0.15) is 51.3 Å². The number of para-hydroxylation sites is 1. The molecule has 2 aliphatic heterocycles. The normalized spacial score (nSPS) is 14.6. The molecular formula is C56H40BN3O2. The number of anilines is 2.